The number of allylic oxidation sites excluding steroid dienone is 1. The van der Waals surface area contributed by atoms with Crippen molar-refractivity contribution in [3.8, 4) is 17.1 Å². The van der Waals surface area contributed by atoms with Gasteiger partial charge in [0, 0.05) is 15.7 Å². The van der Waals surface area contributed by atoms with Crippen LogP contribution in [0.15, 0.2) is 106 Å². The molecular formula is C25H20BrN5OS. The highest BCUT2D eigenvalue weighted by Crippen LogP contribution is 2.27. The molecule has 0 saturated heterocycles. The van der Waals surface area contributed by atoms with Gasteiger partial charge in [-0.15, -0.1) is 10.2 Å². The van der Waals surface area contributed by atoms with Gasteiger partial charge in [-0.3, -0.25) is 9.36 Å². The number of carbonyl (C=O) groups excluding carboxylic acids is 1. The maximum Gasteiger partial charge on any atom is 0.250 e. The van der Waals surface area contributed by atoms with Gasteiger partial charge in [0.05, 0.1) is 12.0 Å². The average Bonchev–Trinajstić information content (AvgIpc) is 3.28. The highest BCUT2D eigenvalue weighted by Gasteiger charge is 2.16. The molecule has 33 heavy (non-hydrogen) atoms. The minimum Gasteiger partial charge on any atom is -0.272 e. The summed E-state index contributed by atoms with van der Waals surface area (Å²) < 4.78 is 2.70. The van der Waals surface area contributed by atoms with Crippen molar-refractivity contribution in [1.29, 1.82) is 0 Å². The van der Waals surface area contributed by atoms with Gasteiger partial charge in [-0.25, -0.2) is 5.43 Å². The van der Waals surface area contributed by atoms with Crippen LogP contribution in [-0.2, 0) is 4.79 Å². The predicted octanol–water partition coefficient (Wildman–Crippen LogP) is 5.56. The number of benzene rings is 3. The number of hydrazone groups is 1. The number of hydrogen-bond donors (Lipinski definition) is 1. The lowest BCUT2D eigenvalue weighted by Crippen LogP contribution is -2.19. The van der Waals surface area contributed by atoms with Gasteiger partial charge >= 0.3 is 0 Å². The Morgan fingerprint density at radius 2 is 1.58 bits per heavy atom. The molecule has 0 unspecified atom stereocenters. The number of para-hydroxylation sites is 1. The normalized spacial score (nSPS) is 11.6. The van der Waals surface area contributed by atoms with E-state index in [1.165, 1.54) is 11.8 Å². The molecule has 0 saturated carbocycles. The Morgan fingerprint density at radius 1 is 0.939 bits per heavy atom. The summed E-state index contributed by atoms with van der Waals surface area (Å²) in [7, 11) is 0. The molecule has 0 bridgehead atoms. The van der Waals surface area contributed by atoms with Gasteiger partial charge in [0.25, 0.3) is 5.91 Å². The Kier molecular flexibility index (Phi) is 7.84. The molecule has 0 aliphatic carbocycles. The van der Waals surface area contributed by atoms with Crippen LogP contribution in [-0.4, -0.2) is 32.6 Å². The molecule has 4 rings (SSSR count). The van der Waals surface area contributed by atoms with Crippen molar-refractivity contribution in [1.82, 2.24) is 20.2 Å². The number of nitrogens with zero attached hydrogens (tertiary/aromatic N) is 4. The average molecular weight is 518 g/mol. The van der Waals surface area contributed by atoms with Gasteiger partial charge in [-0.1, -0.05) is 90.6 Å². The van der Waals surface area contributed by atoms with E-state index < -0.39 is 0 Å². The van der Waals surface area contributed by atoms with E-state index in [0.717, 1.165) is 27.1 Å². The standard InChI is InChI=1S/C25H20BrN5OS/c26-21(16-19-10-4-1-5-11-19)17-27-28-23(32)18-33-25-30-29-24(20-12-6-2-7-13-20)31(25)22-14-8-3-9-15-22/h1-17H,18H2,(H,28,32). The van der Waals surface area contributed by atoms with Crippen molar-refractivity contribution >= 4 is 45.9 Å². The van der Waals surface area contributed by atoms with Crippen LogP contribution >= 0.6 is 27.7 Å². The van der Waals surface area contributed by atoms with E-state index in [1.807, 2.05) is 102 Å². The fraction of sp³-hybridized carbons (Fsp3) is 0.0400. The summed E-state index contributed by atoms with van der Waals surface area (Å²) in [6.45, 7) is 0. The Balaban J connectivity index is 1.43. The van der Waals surface area contributed by atoms with Gasteiger partial charge in [-0.05, 0) is 39.7 Å². The Hall–Kier alpha value is -3.49. The number of halogens is 1. The van der Waals surface area contributed by atoms with Gasteiger partial charge in [0.15, 0.2) is 11.0 Å². The minimum atomic E-state index is -0.236. The molecule has 0 atom stereocenters. The highest BCUT2D eigenvalue weighted by molar-refractivity contribution is 9.12. The fourth-order valence-electron chi connectivity index (χ4n) is 3.02. The Bertz CT molecular complexity index is 1260. The van der Waals surface area contributed by atoms with Crippen LogP contribution in [0, 0.1) is 0 Å². The molecule has 1 aromatic heterocycles. The number of hydrogen-bond acceptors (Lipinski definition) is 5. The third-order valence-electron chi connectivity index (χ3n) is 4.49. The first-order valence-corrected chi connectivity index (χ1v) is 11.9. The molecule has 6 nitrogen and oxygen atoms in total. The van der Waals surface area contributed by atoms with E-state index in [-0.39, 0.29) is 11.7 Å². The first kappa shape index (κ1) is 22.7. The van der Waals surface area contributed by atoms with Crippen LogP contribution < -0.4 is 5.43 Å². The lowest BCUT2D eigenvalue weighted by molar-refractivity contribution is -0.118. The number of thioether (sulfide) groups is 1. The van der Waals surface area contributed by atoms with Crippen molar-refractivity contribution in [3.05, 3.63) is 101 Å². The summed E-state index contributed by atoms with van der Waals surface area (Å²) in [4.78, 5) is 12.3. The van der Waals surface area contributed by atoms with Gasteiger partial charge in [0.2, 0.25) is 0 Å². The number of aromatic nitrogens is 3. The zero-order chi connectivity index (χ0) is 22.9. The maximum atomic E-state index is 12.3. The van der Waals surface area contributed by atoms with Crippen LogP contribution in [0.3, 0.4) is 0 Å². The van der Waals surface area contributed by atoms with E-state index in [0.29, 0.717) is 5.16 Å². The molecule has 0 aliphatic rings. The monoisotopic (exact) mass is 517 g/mol. The largest absolute Gasteiger partial charge is 0.272 e. The number of rotatable bonds is 8. The van der Waals surface area contributed by atoms with Crippen molar-refractivity contribution in [2.24, 2.45) is 5.10 Å². The van der Waals surface area contributed by atoms with Gasteiger partial charge in [-0.2, -0.15) is 5.10 Å². The van der Waals surface area contributed by atoms with E-state index in [4.69, 9.17) is 0 Å². The summed E-state index contributed by atoms with van der Waals surface area (Å²) in [5.74, 6) is 0.634. The first-order valence-electron chi connectivity index (χ1n) is 10.1. The molecule has 0 fully saturated rings. The van der Waals surface area contributed by atoms with Crippen LogP contribution in [0.4, 0.5) is 0 Å². The summed E-state index contributed by atoms with van der Waals surface area (Å²) in [6.07, 6.45) is 3.47. The van der Waals surface area contributed by atoms with E-state index in [2.05, 4.69) is 36.7 Å². The van der Waals surface area contributed by atoms with Crippen LogP contribution in [0.1, 0.15) is 5.56 Å². The Labute approximate surface area is 204 Å². The second kappa shape index (κ2) is 11.4. The molecule has 0 radical (unpaired) electrons. The lowest BCUT2D eigenvalue weighted by atomic mass is 10.2. The summed E-state index contributed by atoms with van der Waals surface area (Å²) >= 11 is 4.74. The SMILES string of the molecule is O=C(CSc1nnc(-c2ccccc2)n1-c1ccccc1)NN=CC(Br)=Cc1ccccc1. The van der Waals surface area contributed by atoms with Crippen molar-refractivity contribution in [2.75, 3.05) is 5.75 Å². The van der Waals surface area contributed by atoms with E-state index in [1.54, 1.807) is 6.21 Å². The first-order chi connectivity index (χ1) is 16.2. The molecule has 1 amide bonds. The second-order valence-electron chi connectivity index (χ2n) is 6.86. The van der Waals surface area contributed by atoms with Gasteiger partial charge in [0.1, 0.15) is 0 Å². The van der Waals surface area contributed by atoms with Crippen LogP contribution in [0.25, 0.3) is 23.2 Å². The number of carbonyl (C=O) groups is 1. The van der Waals surface area contributed by atoms with Crippen molar-refractivity contribution in [3.63, 3.8) is 0 Å². The van der Waals surface area contributed by atoms with E-state index >= 15 is 0 Å². The molecule has 0 aliphatic heterocycles. The quantitative estimate of drug-likeness (QED) is 0.188. The molecule has 8 heteroatoms. The van der Waals surface area contributed by atoms with Crippen LogP contribution in [0.2, 0.25) is 0 Å². The summed E-state index contributed by atoms with van der Waals surface area (Å²) in [5, 5.41) is 13.4. The third-order valence-corrected chi connectivity index (χ3v) is 5.86. The van der Waals surface area contributed by atoms with E-state index in [9.17, 15) is 4.79 Å². The fourth-order valence-corrected chi connectivity index (χ4v) is 4.13. The zero-order valence-electron chi connectivity index (χ0n) is 17.5. The minimum absolute atomic E-state index is 0.150. The summed E-state index contributed by atoms with van der Waals surface area (Å²) in [5.41, 5.74) is 5.46. The molecule has 3 aromatic carbocycles. The number of amides is 1. The molecule has 4 aromatic rings. The molecule has 0 spiro atoms. The highest BCUT2D eigenvalue weighted by atomic mass is 79.9. The summed E-state index contributed by atoms with van der Waals surface area (Å²) in [6, 6.07) is 29.5. The third kappa shape index (κ3) is 6.27. The predicted molar refractivity (Wildman–Crippen MR) is 137 cm³/mol. The lowest BCUT2D eigenvalue weighted by Gasteiger charge is -2.10. The topological polar surface area (TPSA) is 72.2 Å². The van der Waals surface area contributed by atoms with Crippen molar-refractivity contribution in [2.45, 2.75) is 5.16 Å². The second-order valence-corrected chi connectivity index (χ2v) is 8.72. The molecule has 164 valence electrons. The van der Waals surface area contributed by atoms with Crippen LogP contribution in [0.5, 0.6) is 0 Å². The Morgan fingerprint density at radius 3 is 2.27 bits per heavy atom. The van der Waals surface area contributed by atoms with Gasteiger partial charge < -0.3 is 0 Å². The molecule has 1 N–H and O–H groups in total. The zero-order valence-corrected chi connectivity index (χ0v) is 19.9. The maximum absolute atomic E-state index is 12.3. The smallest absolute Gasteiger partial charge is 0.250 e. The number of nitrogens with one attached hydrogen (secondary N) is 1. The molecule has 1 heterocycles. The molecular weight excluding hydrogens is 498 g/mol. The van der Waals surface area contributed by atoms with Crippen molar-refractivity contribution < 1.29 is 4.79 Å².